The minimum absolute atomic E-state index is 0. The zero-order valence-electron chi connectivity index (χ0n) is 16.5. The molecule has 0 amide bonds. The van der Waals surface area contributed by atoms with Crippen molar-refractivity contribution in [3.05, 3.63) is 0 Å². The predicted molar refractivity (Wildman–Crippen MR) is 110 cm³/mol. The molecule has 0 aromatic carbocycles. The Labute approximate surface area is 172 Å². The monoisotopic (exact) mass is 494 g/mol. The normalized spacial score (nSPS) is 19.3. The molecule has 1 heterocycles. The van der Waals surface area contributed by atoms with Crippen molar-refractivity contribution in [2.75, 3.05) is 46.4 Å². The molecular formula is C17H34F3IN4O. The van der Waals surface area contributed by atoms with Gasteiger partial charge in [-0.2, -0.15) is 13.2 Å². The molecule has 1 aliphatic rings. The second-order valence-electron chi connectivity index (χ2n) is 6.74. The average Bonchev–Trinajstić information content (AvgIpc) is 2.56. The largest absolute Gasteiger partial charge is 0.403 e. The lowest BCUT2D eigenvalue weighted by molar-refractivity contribution is -0.181. The highest BCUT2D eigenvalue weighted by Crippen LogP contribution is 2.25. The third kappa shape index (κ3) is 8.16. The maximum Gasteiger partial charge on any atom is 0.403 e. The van der Waals surface area contributed by atoms with Crippen LogP contribution in [0.4, 0.5) is 13.2 Å². The van der Waals surface area contributed by atoms with Gasteiger partial charge in [0.05, 0.1) is 6.10 Å². The van der Waals surface area contributed by atoms with E-state index in [-0.39, 0.29) is 30.1 Å². The Morgan fingerprint density at radius 2 is 1.73 bits per heavy atom. The number of hydrogen-bond donors (Lipinski definition) is 1. The number of ether oxygens (including phenoxy) is 1. The molecule has 1 N–H and O–H groups in total. The number of piperazine rings is 1. The van der Waals surface area contributed by atoms with Gasteiger partial charge < -0.3 is 15.0 Å². The van der Waals surface area contributed by atoms with Crippen molar-refractivity contribution in [1.29, 1.82) is 0 Å². The number of guanidine groups is 1. The van der Waals surface area contributed by atoms with Crippen molar-refractivity contribution in [1.82, 2.24) is 15.1 Å². The van der Waals surface area contributed by atoms with Crippen LogP contribution in [0.15, 0.2) is 4.99 Å². The van der Waals surface area contributed by atoms with E-state index in [1.807, 2.05) is 11.8 Å². The van der Waals surface area contributed by atoms with Crippen LogP contribution in [0.5, 0.6) is 0 Å². The van der Waals surface area contributed by atoms with E-state index in [1.54, 1.807) is 7.05 Å². The number of aliphatic imine (C=N–C) groups is 1. The number of halogens is 4. The molecule has 26 heavy (non-hydrogen) atoms. The van der Waals surface area contributed by atoms with Gasteiger partial charge in [0.2, 0.25) is 0 Å². The van der Waals surface area contributed by atoms with Gasteiger partial charge in [-0.1, -0.05) is 13.8 Å². The molecule has 1 saturated heterocycles. The summed E-state index contributed by atoms with van der Waals surface area (Å²) in [6.45, 7) is 10.8. The van der Waals surface area contributed by atoms with Crippen LogP contribution in [-0.4, -0.2) is 80.5 Å². The van der Waals surface area contributed by atoms with Gasteiger partial charge in [-0.05, 0) is 26.2 Å². The van der Waals surface area contributed by atoms with Gasteiger partial charge in [0.1, 0.15) is 6.04 Å². The molecule has 0 radical (unpaired) electrons. The Kier molecular flexibility index (Phi) is 12.1. The molecule has 1 aliphatic heterocycles. The van der Waals surface area contributed by atoms with Crippen LogP contribution in [0.25, 0.3) is 0 Å². The van der Waals surface area contributed by atoms with E-state index in [4.69, 9.17) is 4.74 Å². The minimum atomic E-state index is -4.17. The van der Waals surface area contributed by atoms with E-state index in [1.165, 1.54) is 11.8 Å². The topological polar surface area (TPSA) is 40.1 Å². The smallest absolute Gasteiger partial charge is 0.378 e. The van der Waals surface area contributed by atoms with E-state index in [0.717, 1.165) is 18.9 Å². The first-order valence-corrected chi connectivity index (χ1v) is 9.08. The van der Waals surface area contributed by atoms with Gasteiger partial charge in [0.25, 0.3) is 0 Å². The third-order valence-electron chi connectivity index (χ3n) is 4.68. The summed E-state index contributed by atoms with van der Waals surface area (Å²) in [6.07, 6.45) is -3.11. The summed E-state index contributed by atoms with van der Waals surface area (Å²) in [7, 11) is 1.70. The highest BCUT2D eigenvalue weighted by atomic mass is 127. The summed E-state index contributed by atoms with van der Waals surface area (Å²) in [5.41, 5.74) is 0. The molecule has 0 spiro atoms. The minimum Gasteiger partial charge on any atom is -0.378 e. The summed E-state index contributed by atoms with van der Waals surface area (Å²) in [5.74, 6) is 1.19. The Bertz CT molecular complexity index is 413. The lowest BCUT2D eigenvalue weighted by Crippen LogP contribution is -2.56. The second-order valence-corrected chi connectivity index (χ2v) is 6.74. The fourth-order valence-corrected chi connectivity index (χ4v) is 3.01. The van der Waals surface area contributed by atoms with Gasteiger partial charge in [0, 0.05) is 46.4 Å². The van der Waals surface area contributed by atoms with Crippen molar-refractivity contribution in [2.45, 2.75) is 52.4 Å². The first kappa shape index (κ1) is 25.7. The van der Waals surface area contributed by atoms with Crippen molar-refractivity contribution in [3.8, 4) is 0 Å². The molecule has 0 saturated carbocycles. The van der Waals surface area contributed by atoms with E-state index >= 15 is 0 Å². The molecule has 1 rings (SSSR count). The van der Waals surface area contributed by atoms with Gasteiger partial charge in [-0.25, -0.2) is 0 Å². The van der Waals surface area contributed by atoms with Crippen LogP contribution >= 0.6 is 24.0 Å². The van der Waals surface area contributed by atoms with Gasteiger partial charge in [-0.3, -0.25) is 9.89 Å². The number of nitrogens with zero attached hydrogens (tertiary/aromatic N) is 3. The Morgan fingerprint density at radius 3 is 2.15 bits per heavy atom. The molecule has 156 valence electrons. The molecule has 0 aliphatic carbocycles. The summed E-state index contributed by atoms with van der Waals surface area (Å²) < 4.78 is 44.2. The fraction of sp³-hybridized carbons (Fsp3) is 0.941. The van der Waals surface area contributed by atoms with Gasteiger partial charge in [-0.15, -0.1) is 24.0 Å². The fourth-order valence-electron chi connectivity index (χ4n) is 3.01. The van der Waals surface area contributed by atoms with Crippen molar-refractivity contribution in [3.63, 3.8) is 0 Å². The lowest BCUT2D eigenvalue weighted by Gasteiger charge is -2.39. The first-order chi connectivity index (χ1) is 11.7. The molecule has 0 bridgehead atoms. The lowest BCUT2D eigenvalue weighted by atomic mass is 10.0. The van der Waals surface area contributed by atoms with Crippen LogP contribution in [0.1, 0.15) is 34.1 Å². The Hall–Kier alpha value is -0.290. The Balaban J connectivity index is 0.00000625. The average molecular weight is 494 g/mol. The number of rotatable bonds is 7. The van der Waals surface area contributed by atoms with E-state index < -0.39 is 12.2 Å². The highest BCUT2D eigenvalue weighted by molar-refractivity contribution is 14.0. The van der Waals surface area contributed by atoms with E-state index in [2.05, 4.69) is 24.2 Å². The van der Waals surface area contributed by atoms with Gasteiger partial charge >= 0.3 is 6.18 Å². The van der Waals surface area contributed by atoms with Crippen LogP contribution in [-0.2, 0) is 4.74 Å². The molecule has 1 fully saturated rings. The molecule has 9 heteroatoms. The summed E-state index contributed by atoms with van der Waals surface area (Å²) in [4.78, 5) is 7.77. The molecule has 0 aromatic rings. The van der Waals surface area contributed by atoms with Crippen LogP contribution in [0, 0.1) is 5.92 Å². The van der Waals surface area contributed by atoms with Crippen molar-refractivity contribution < 1.29 is 17.9 Å². The molecule has 5 nitrogen and oxygen atoms in total. The standard InChI is InChI=1S/C17H33F3N4O.HI/c1-6-25-15(13(2)3)7-8-22-16(21-5)24-11-9-23(10-12-24)14(4)17(18,19)20;/h13-15H,6-12H2,1-5H3,(H,21,22);1H. The SMILES string of the molecule is CCOC(CCNC(=NC)N1CCN(C(C)C(F)(F)F)CC1)C(C)C.I. The summed E-state index contributed by atoms with van der Waals surface area (Å²) in [6, 6.07) is -1.40. The van der Waals surface area contributed by atoms with Crippen LogP contribution < -0.4 is 5.32 Å². The third-order valence-corrected chi connectivity index (χ3v) is 4.68. The van der Waals surface area contributed by atoms with Gasteiger partial charge in [0.15, 0.2) is 5.96 Å². The number of alkyl halides is 3. The second kappa shape index (κ2) is 12.2. The van der Waals surface area contributed by atoms with Crippen LogP contribution in [0.3, 0.4) is 0 Å². The predicted octanol–water partition coefficient (Wildman–Crippen LogP) is 3.20. The molecule has 2 unspecified atom stereocenters. The van der Waals surface area contributed by atoms with E-state index in [9.17, 15) is 13.2 Å². The van der Waals surface area contributed by atoms with E-state index in [0.29, 0.717) is 38.7 Å². The number of hydrogen-bond acceptors (Lipinski definition) is 3. The summed E-state index contributed by atoms with van der Waals surface area (Å²) >= 11 is 0. The molecule has 2 atom stereocenters. The maximum atomic E-state index is 12.8. The number of nitrogens with one attached hydrogen (secondary N) is 1. The highest BCUT2D eigenvalue weighted by Gasteiger charge is 2.41. The maximum absolute atomic E-state index is 12.8. The first-order valence-electron chi connectivity index (χ1n) is 9.08. The summed E-state index contributed by atoms with van der Waals surface area (Å²) in [5, 5.41) is 3.31. The van der Waals surface area contributed by atoms with Crippen molar-refractivity contribution >= 4 is 29.9 Å². The molecule has 0 aromatic heterocycles. The van der Waals surface area contributed by atoms with Crippen molar-refractivity contribution in [2.24, 2.45) is 10.9 Å². The quantitative estimate of drug-likeness (QED) is 0.336. The Morgan fingerprint density at radius 1 is 1.15 bits per heavy atom. The zero-order chi connectivity index (χ0) is 19.0. The van der Waals surface area contributed by atoms with Crippen LogP contribution in [0.2, 0.25) is 0 Å². The zero-order valence-corrected chi connectivity index (χ0v) is 18.8. The molecular weight excluding hydrogens is 460 g/mol.